The van der Waals surface area contributed by atoms with Crippen molar-refractivity contribution in [3.05, 3.63) is 35.6 Å². The molecule has 1 saturated carbocycles. The Kier molecular flexibility index (Phi) is 3.15. The molecule has 0 spiro atoms. The third-order valence-corrected chi connectivity index (χ3v) is 3.44. The fourth-order valence-corrected chi connectivity index (χ4v) is 1.92. The van der Waals surface area contributed by atoms with E-state index in [2.05, 4.69) is 0 Å². The minimum absolute atomic E-state index is 0.0189. The molecule has 0 saturated heterocycles. The number of nitrogens with zero attached hydrogens (tertiary/aromatic N) is 1. The first-order valence-electron chi connectivity index (χ1n) is 5.78. The molecular formula is C13H17FN2O. The number of carbonyl (C=O) groups excluding carboxylic acids is 1. The van der Waals surface area contributed by atoms with Gasteiger partial charge in [-0.25, -0.2) is 4.39 Å². The number of nitrogens with two attached hydrogens (primary N) is 1. The van der Waals surface area contributed by atoms with Crippen LogP contribution in [0.5, 0.6) is 0 Å². The van der Waals surface area contributed by atoms with Crippen LogP contribution < -0.4 is 5.73 Å². The average Bonchev–Trinajstić information content (AvgIpc) is 3.04. The highest BCUT2D eigenvalue weighted by atomic mass is 19.1. The van der Waals surface area contributed by atoms with Crippen LogP contribution in [-0.2, 0) is 4.79 Å². The SMILES string of the molecule is CC(c1ccc(F)cc1)N(C)C(=O)C1CC1N. The van der Waals surface area contributed by atoms with Crippen molar-refractivity contribution < 1.29 is 9.18 Å². The van der Waals surface area contributed by atoms with Gasteiger partial charge in [0.1, 0.15) is 5.82 Å². The molecule has 0 aliphatic heterocycles. The number of carbonyl (C=O) groups is 1. The molecule has 2 N–H and O–H groups in total. The molecule has 2 rings (SSSR count). The topological polar surface area (TPSA) is 46.3 Å². The summed E-state index contributed by atoms with van der Waals surface area (Å²) in [5.74, 6) is -0.212. The molecule has 1 aromatic carbocycles. The summed E-state index contributed by atoms with van der Waals surface area (Å²) in [7, 11) is 1.77. The highest BCUT2D eigenvalue weighted by Crippen LogP contribution is 2.32. The van der Waals surface area contributed by atoms with Gasteiger partial charge in [0.15, 0.2) is 0 Å². The van der Waals surface area contributed by atoms with E-state index in [-0.39, 0.29) is 29.7 Å². The van der Waals surface area contributed by atoms with Gasteiger partial charge in [0.25, 0.3) is 0 Å². The zero-order valence-corrected chi connectivity index (χ0v) is 10.1. The van der Waals surface area contributed by atoms with Crippen LogP contribution in [0.2, 0.25) is 0 Å². The second-order valence-corrected chi connectivity index (χ2v) is 4.68. The highest BCUT2D eigenvalue weighted by Gasteiger charge is 2.42. The van der Waals surface area contributed by atoms with E-state index in [1.807, 2.05) is 6.92 Å². The molecule has 92 valence electrons. The van der Waals surface area contributed by atoms with Gasteiger partial charge in [-0.15, -0.1) is 0 Å². The van der Waals surface area contributed by atoms with Gasteiger partial charge in [-0.3, -0.25) is 4.79 Å². The predicted octanol–water partition coefficient (Wildman–Crippen LogP) is 1.69. The summed E-state index contributed by atoms with van der Waals surface area (Å²) in [6.07, 6.45) is 0.777. The molecule has 1 aliphatic carbocycles. The standard InChI is InChI=1S/C13H17FN2O/c1-8(9-3-5-10(14)6-4-9)16(2)13(17)11-7-12(11)15/h3-6,8,11-12H,7,15H2,1-2H3. The lowest BCUT2D eigenvalue weighted by Gasteiger charge is -2.25. The lowest BCUT2D eigenvalue weighted by atomic mass is 10.1. The Labute approximate surface area is 100 Å². The summed E-state index contributed by atoms with van der Waals surface area (Å²) in [6.45, 7) is 1.93. The van der Waals surface area contributed by atoms with Gasteiger partial charge in [-0.1, -0.05) is 12.1 Å². The maximum Gasteiger partial charge on any atom is 0.227 e. The molecule has 1 fully saturated rings. The van der Waals surface area contributed by atoms with Crippen LogP contribution in [-0.4, -0.2) is 23.9 Å². The first-order valence-corrected chi connectivity index (χ1v) is 5.78. The van der Waals surface area contributed by atoms with E-state index in [4.69, 9.17) is 5.73 Å². The van der Waals surface area contributed by atoms with Gasteiger partial charge in [-0.05, 0) is 31.0 Å². The lowest BCUT2D eigenvalue weighted by molar-refractivity contribution is -0.133. The van der Waals surface area contributed by atoms with Gasteiger partial charge < -0.3 is 10.6 Å². The molecular weight excluding hydrogens is 219 g/mol. The molecule has 0 heterocycles. The fourth-order valence-electron chi connectivity index (χ4n) is 1.92. The van der Waals surface area contributed by atoms with E-state index in [9.17, 15) is 9.18 Å². The van der Waals surface area contributed by atoms with Crippen molar-refractivity contribution >= 4 is 5.91 Å². The minimum atomic E-state index is -0.265. The normalized spacial score (nSPS) is 24.2. The Morgan fingerprint density at radius 2 is 2.00 bits per heavy atom. The summed E-state index contributed by atoms with van der Waals surface area (Å²) in [5, 5.41) is 0. The quantitative estimate of drug-likeness (QED) is 0.868. The maximum absolute atomic E-state index is 12.8. The average molecular weight is 236 g/mol. The van der Waals surface area contributed by atoms with E-state index in [0.29, 0.717) is 0 Å². The minimum Gasteiger partial charge on any atom is -0.339 e. The van der Waals surface area contributed by atoms with Crippen LogP contribution in [0.25, 0.3) is 0 Å². The molecule has 0 aromatic heterocycles. The van der Waals surface area contributed by atoms with E-state index < -0.39 is 0 Å². The van der Waals surface area contributed by atoms with Crippen LogP contribution in [0.1, 0.15) is 24.9 Å². The van der Waals surface area contributed by atoms with Gasteiger partial charge in [0, 0.05) is 13.1 Å². The van der Waals surface area contributed by atoms with Crippen molar-refractivity contribution in [2.45, 2.75) is 25.4 Å². The first kappa shape index (κ1) is 12.0. The van der Waals surface area contributed by atoms with Crippen LogP contribution in [0, 0.1) is 11.7 Å². The second kappa shape index (κ2) is 4.45. The Morgan fingerprint density at radius 1 is 1.47 bits per heavy atom. The monoisotopic (exact) mass is 236 g/mol. The second-order valence-electron chi connectivity index (χ2n) is 4.68. The van der Waals surface area contributed by atoms with Gasteiger partial charge in [0.2, 0.25) is 5.91 Å². The Morgan fingerprint density at radius 3 is 2.47 bits per heavy atom. The summed E-state index contributed by atoms with van der Waals surface area (Å²) in [5.41, 5.74) is 6.59. The number of amides is 1. The van der Waals surface area contributed by atoms with Crippen LogP contribution >= 0.6 is 0 Å². The molecule has 3 nitrogen and oxygen atoms in total. The Balaban J connectivity index is 2.06. The van der Waals surface area contributed by atoms with Crippen molar-refractivity contribution in [2.24, 2.45) is 11.7 Å². The van der Waals surface area contributed by atoms with Crippen molar-refractivity contribution in [3.8, 4) is 0 Å². The lowest BCUT2D eigenvalue weighted by Crippen LogP contribution is -2.32. The number of hydrogen-bond donors (Lipinski definition) is 1. The number of hydrogen-bond acceptors (Lipinski definition) is 2. The summed E-state index contributed by atoms with van der Waals surface area (Å²) in [6, 6.07) is 6.19. The van der Waals surface area contributed by atoms with Gasteiger partial charge >= 0.3 is 0 Å². The molecule has 0 radical (unpaired) electrons. The van der Waals surface area contributed by atoms with Gasteiger partial charge in [-0.2, -0.15) is 0 Å². The molecule has 1 aliphatic rings. The van der Waals surface area contributed by atoms with Crippen LogP contribution in [0.3, 0.4) is 0 Å². The predicted molar refractivity (Wildman–Crippen MR) is 63.7 cm³/mol. The first-order chi connectivity index (χ1) is 8.00. The van der Waals surface area contributed by atoms with E-state index >= 15 is 0 Å². The zero-order valence-electron chi connectivity index (χ0n) is 10.1. The van der Waals surface area contributed by atoms with E-state index in [1.54, 1.807) is 24.1 Å². The van der Waals surface area contributed by atoms with Crippen molar-refractivity contribution in [1.82, 2.24) is 4.90 Å². The molecule has 0 bridgehead atoms. The summed E-state index contributed by atoms with van der Waals surface area (Å²) >= 11 is 0. The summed E-state index contributed by atoms with van der Waals surface area (Å²) < 4.78 is 12.8. The van der Waals surface area contributed by atoms with Crippen molar-refractivity contribution in [2.75, 3.05) is 7.05 Å². The molecule has 1 amide bonds. The largest absolute Gasteiger partial charge is 0.339 e. The highest BCUT2D eigenvalue weighted by molar-refractivity contribution is 5.82. The molecule has 1 aromatic rings. The smallest absolute Gasteiger partial charge is 0.227 e. The van der Waals surface area contributed by atoms with E-state index in [0.717, 1.165) is 12.0 Å². The van der Waals surface area contributed by atoms with Crippen LogP contribution in [0.15, 0.2) is 24.3 Å². The van der Waals surface area contributed by atoms with E-state index in [1.165, 1.54) is 12.1 Å². The Bertz CT molecular complexity index is 418. The van der Waals surface area contributed by atoms with Crippen LogP contribution in [0.4, 0.5) is 4.39 Å². The Hall–Kier alpha value is -1.42. The molecule has 3 unspecified atom stereocenters. The van der Waals surface area contributed by atoms with Gasteiger partial charge in [0.05, 0.1) is 12.0 Å². The molecule has 17 heavy (non-hydrogen) atoms. The third-order valence-electron chi connectivity index (χ3n) is 3.44. The zero-order chi connectivity index (χ0) is 12.6. The number of rotatable bonds is 3. The third kappa shape index (κ3) is 2.47. The molecule has 3 atom stereocenters. The summed E-state index contributed by atoms with van der Waals surface area (Å²) in [4.78, 5) is 13.7. The van der Waals surface area contributed by atoms with Crippen molar-refractivity contribution in [1.29, 1.82) is 0 Å². The molecule has 4 heteroatoms. The maximum atomic E-state index is 12.8. The number of benzene rings is 1. The fraction of sp³-hybridized carbons (Fsp3) is 0.462. The van der Waals surface area contributed by atoms with Crippen molar-refractivity contribution in [3.63, 3.8) is 0 Å². The number of halogens is 1.